The molecule has 0 saturated carbocycles. The summed E-state index contributed by atoms with van der Waals surface area (Å²) in [5.74, 6) is 0.790. The van der Waals surface area contributed by atoms with Crippen LogP contribution >= 0.6 is 0 Å². The normalized spacial score (nSPS) is 15.4. The molecule has 2 heterocycles. The summed E-state index contributed by atoms with van der Waals surface area (Å²) in [5, 5.41) is 0. The number of ether oxygens (including phenoxy) is 2. The lowest BCUT2D eigenvalue weighted by Gasteiger charge is -2.27. The number of hydrogen-bond acceptors (Lipinski definition) is 5. The van der Waals surface area contributed by atoms with Crippen LogP contribution in [0.2, 0.25) is 0 Å². The van der Waals surface area contributed by atoms with Crippen molar-refractivity contribution in [3.63, 3.8) is 0 Å². The highest BCUT2D eigenvalue weighted by atomic mass is 16.6. The maximum absolute atomic E-state index is 11.0. The number of nitrogens with zero attached hydrogens (tertiary/aromatic N) is 3. The fraction of sp³-hybridized carbons (Fsp3) is 0.667. The summed E-state index contributed by atoms with van der Waals surface area (Å²) >= 11 is 0. The van der Waals surface area contributed by atoms with E-state index in [0.29, 0.717) is 13.2 Å². The van der Waals surface area contributed by atoms with Gasteiger partial charge >= 0.3 is 5.97 Å². The van der Waals surface area contributed by atoms with E-state index in [1.807, 2.05) is 12.4 Å². The van der Waals surface area contributed by atoms with Crippen LogP contribution in [0.3, 0.4) is 0 Å². The van der Waals surface area contributed by atoms with Gasteiger partial charge in [0.15, 0.2) is 0 Å². The first-order valence-corrected chi connectivity index (χ1v) is 6.25. The van der Waals surface area contributed by atoms with Gasteiger partial charge in [-0.05, 0) is 6.92 Å². The Morgan fingerprint density at radius 3 is 3.22 bits per heavy atom. The smallest absolute Gasteiger partial charge is 0.332 e. The van der Waals surface area contributed by atoms with Gasteiger partial charge in [-0.15, -0.1) is 0 Å². The van der Waals surface area contributed by atoms with E-state index in [4.69, 9.17) is 9.47 Å². The number of aromatic nitrogens is 2. The van der Waals surface area contributed by atoms with Crippen LogP contribution < -0.4 is 0 Å². The van der Waals surface area contributed by atoms with Crippen LogP contribution in [-0.2, 0) is 27.4 Å². The lowest BCUT2D eigenvalue weighted by Crippen LogP contribution is -2.36. The molecule has 0 fully saturated rings. The molecule has 18 heavy (non-hydrogen) atoms. The van der Waals surface area contributed by atoms with Crippen LogP contribution in [0.1, 0.15) is 12.7 Å². The van der Waals surface area contributed by atoms with E-state index in [0.717, 1.165) is 32.0 Å². The topological polar surface area (TPSA) is 56.6 Å². The summed E-state index contributed by atoms with van der Waals surface area (Å²) in [6.45, 7) is 6.38. The maximum atomic E-state index is 11.0. The Hall–Kier alpha value is -1.40. The van der Waals surface area contributed by atoms with Gasteiger partial charge in [-0.3, -0.25) is 4.90 Å². The number of carbonyl (C=O) groups excluding carboxylic acids is 1. The molecule has 0 atom stereocenters. The van der Waals surface area contributed by atoms with Gasteiger partial charge in [0.1, 0.15) is 12.4 Å². The van der Waals surface area contributed by atoms with Crippen LogP contribution in [0, 0.1) is 0 Å². The second-order valence-corrected chi connectivity index (χ2v) is 4.17. The van der Waals surface area contributed by atoms with Crippen molar-refractivity contribution in [1.29, 1.82) is 0 Å². The van der Waals surface area contributed by atoms with Crippen LogP contribution in [0.15, 0.2) is 12.4 Å². The van der Waals surface area contributed by atoms with Gasteiger partial charge in [-0.25, -0.2) is 9.78 Å². The molecule has 0 radical (unpaired) electrons. The Labute approximate surface area is 106 Å². The number of esters is 1. The molecule has 0 saturated heterocycles. The first kappa shape index (κ1) is 13.0. The number of carbonyl (C=O) groups is 1. The maximum Gasteiger partial charge on any atom is 0.332 e. The number of hydrogen-bond donors (Lipinski definition) is 0. The minimum atomic E-state index is -0.299. The zero-order chi connectivity index (χ0) is 12.8. The summed E-state index contributed by atoms with van der Waals surface area (Å²) in [7, 11) is 0. The lowest BCUT2D eigenvalue weighted by atomic mass is 10.3. The summed E-state index contributed by atoms with van der Waals surface area (Å²) in [5.41, 5.74) is 0. The Bertz CT molecular complexity index is 392. The Balaban J connectivity index is 1.62. The highest BCUT2D eigenvalue weighted by Crippen LogP contribution is 2.09. The zero-order valence-electron chi connectivity index (χ0n) is 10.7. The van der Waals surface area contributed by atoms with Crippen LogP contribution in [0.25, 0.3) is 0 Å². The molecular weight excluding hydrogens is 234 g/mol. The van der Waals surface area contributed by atoms with Gasteiger partial charge in [0.2, 0.25) is 0 Å². The SMILES string of the molecule is CCOC(=O)COCCN1CCn2ccnc2C1. The van der Waals surface area contributed by atoms with Crippen LogP contribution in [0.4, 0.5) is 0 Å². The van der Waals surface area contributed by atoms with Crippen LogP contribution in [0.5, 0.6) is 0 Å². The monoisotopic (exact) mass is 253 g/mol. The first-order valence-electron chi connectivity index (χ1n) is 6.25. The van der Waals surface area contributed by atoms with Crippen molar-refractivity contribution in [3.05, 3.63) is 18.2 Å². The molecule has 1 aliphatic rings. The Morgan fingerprint density at radius 2 is 2.39 bits per heavy atom. The minimum absolute atomic E-state index is 0.0380. The molecule has 0 aromatic carbocycles. The largest absolute Gasteiger partial charge is 0.464 e. The van der Waals surface area contributed by atoms with E-state index >= 15 is 0 Å². The third kappa shape index (κ3) is 3.54. The van der Waals surface area contributed by atoms with E-state index in [1.165, 1.54) is 0 Å². The molecule has 0 N–H and O–H groups in total. The summed E-state index contributed by atoms with van der Waals surface area (Å²) in [6, 6.07) is 0. The molecule has 1 aromatic heterocycles. The predicted octanol–water partition coefficient (Wildman–Crippen LogP) is 0.278. The molecule has 1 aliphatic heterocycles. The molecule has 2 rings (SSSR count). The summed E-state index contributed by atoms with van der Waals surface area (Å²) in [6.07, 6.45) is 3.83. The fourth-order valence-electron chi connectivity index (χ4n) is 1.97. The van der Waals surface area contributed by atoms with Crippen molar-refractivity contribution in [2.24, 2.45) is 0 Å². The molecular formula is C12H19N3O3. The van der Waals surface area contributed by atoms with Crippen molar-refractivity contribution in [3.8, 4) is 0 Å². The van der Waals surface area contributed by atoms with E-state index in [1.54, 1.807) is 6.92 Å². The van der Waals surface area contributed by atoms with Gasteiger partial charge in [0, 0.05) is 32.0 Å². The minimum Gasteiger partial charge on any atom is -0.464 e. The van der Waals surface area contributed by atoms with E-state index in [9.17, 15) is 4.79 Å². The third-order valence-electron chi connectivity index (χ3n) is 2.90. The van der Waals surface area contributed by atoms with Gasteiger partial charge in [-0.1, -0.05) is 0 Å². The molecule has 0 bridgehead atoms. The van der Waals surface area contributed by atoms with Gasteiger partial charge in [0.05, 0.1) is 19.8 Å². The molecule has 6 heteroatoms. The Morgan fingerprint density at radius 1 is 1.50 bits per heavy atom. The molecule has 0 amide bonds. The summed E-state index contributed by atoms with van der Waals surface area (Å²) in [4.78, 5) is 17.6. The number of fused-ring (bicyclic) bond motifs is 1. The van der Waals surface area contributed by atoms with E-state index in [2.05, 4.69) is 14.5 Å². The van der Waals surface area contributed by atoms with Gasteiger partial charge in [0.25, 0.3) is 0 Å². The zero-order valence-corrected chi connectivity index (χ0v) is 10.7. The standard InChI is InChI=1S/C12H19N3O3/c1-2-18-12(16)10-17-8-7-14-5-6-15-4-3-13-11(15)9-14/h3-4H,2,5-10H2,1H3. The molecule has 6 nitrogen and oxygen atoms in total. The quantitative estimate of drug-likeness (QED) is 0.538. The first-order chi connectivity index (χ1) is 8.79. The van der Waals surface area contributed by atoms with Crippen LogP contribution in [-0.4, -0.2) is 53.3 Å². The lowest BCUT2D eigenvalue weighted by molar-refractivity contribution is -0.148. The number of imidazole rings is 1. The van der Waals surface area contributed by atoms with Gasteiger partial charge in [-0.2, -0.15) is 0 Å². The van der Waals surface area contributed by atoms with Crippen molar-refractivity contribution in [1.82, 2.24) is 14.5 Å². The third-order valence-corrected chi connectivity index (χ3v) is 2.90. The predicted molar refractivity (Wildman–Crippen MR) is 65.0 cm³/mol. The average molecular weight is 253 g/mol. The highest BCUT2D eigenvalue weighted by Gasteiger charge is 2.15. The Kier molecular flexibility index (Phi) is 4.72. The number of rotatable bonds is 6. The van der Waals surface area contributed by atoms with E-state index in [-0.39, 0.29) is 12.6 Å². The molecule has 0 aliphatic carbocycles. The summed E-state index contributed by atoms with van der Waals surface area (Å²) < 4.78 is 12.2. The molecule has 0 unspecified atom stereocenters. The average Bonchev–Trinajstić information content (AvgIpc) is 2.82. The van der Waals surface area contributed by atoms with Crippen molar-refractivity contribution in [2.75, 3.05) is 32.9 Å². The molecule has 0 spiro atoms. The fourth-order valence-corrected chi connectivity index (χ4v) is 1.97. The second-order valence-electron chi connectivity index (χ2n) is 4.17. The molecule has 1 aromatic rings. The van der Waals surface area contributed by atoms with E-state index < -0.39 is 0 Å². The highest BCUT2D eigenvalue weighted by molar-refractivity contribution is 5.70. The van der Waals surface area contributed by atoms with Crippen molar-refractivity contribution in [2.45, 2.75) is 20.0 Å². The van der Waals surface area contributed by atoms with Gasteiger partial charge < -0.3 is 14.0 Å². The van der Waals surface area contributed by atoms with Crippen molar-refractivity contribution < 1.29 is 14.3 Å². The second kappa shape index (κ2) is 6.51. The molecule has 100 valence electrons. The van der Waals surface area contributed by atoms with Crippen molar-refractivity contribution >= 4 is 5.97 Å².